The van der Waals surface area contributed by atoms with E-state index >= 15 is 0 Å². The SMILES string of the molecule is CCCC(=O)Nc1cccc(CNC(=NC)NC(C)CCc2ccccc2)c1.I. The second-order valence-corrected chi connectivity index (χ2v) is 6.99. The molecule has 0 spiro atoms. The zero-order valence-corrected chi connectivity index (χ0v) is 19.9. The standard InChI is InChI=1S/C23H32N4O.HI/c1-4-9-22(28)27-21-13-8-12-20(16-21)17-25-23(24-3)26-18(2)14-15-19-10-6-5-7-11-19;/h5-8,10-13,16,18H,4,9,14-15,17H2,1-3H3,(H,27,28)(H2,24,25,26);1H. The number of rotatable bonds is 9. The molecule has 158 valence electrons. The van der Waals surface area contributed by atoms with Crippen LogP contribution < -0.4 is 16.0 Å². The zero-order chi connectivity index (χ0) is 20.2. The second-order valence-electron chi connectivity index (χ2n) is 6.99. The molecule has 3 N–H and O–H groups in total. The molecule has 0 aromatic heterocycles. The van der Waals surface area contributed by atoms with Gasteiger partial charge in [0.05, 0.1) is 0 Å². The quantitative estimate of drug-likeness (QED) is 0.261. The van der Waals surface area contributed by atoms with Gasteiger partial charge in [0, 0.05) is 31.7 Å². The summed E-state index contributed by atoms with van der Waals surface area (Å²) in [5.41, 5.74) is 3.27. The lowest BCUT2D eigenvalue weighted by molar-refractivity contribution is -0.116. The van der Waals surface area contributed by atoms with Crippen LogP contribution in [0.1, 0.15) is 44.2 Å². The number of carbonyl (C=O) groups is 1. The summed E-state index contributed by atoms with van der Waals surface area (Å²) in [6.45, 7) is 4.81. The van der Waals surface area contributed by atoms with Crippen molar-refractivity contribution in [1.29, 1.82) is 0 Å². The molecule has 0 heterocycles. The van der Waals surface area contributed by atoms with E-state index in [1.54, 1.807) is 7.05 Å². The fourth-order valence-electron chi connectivity index (χ4n) is 2.92. The molecule has 1 amide bonds. The van der Waals surface area contributed by atoms with Crippen LogP contribution in [-0.4, -0.2) is 25.0 Å². The Morgan fingerprint density at radius 3 is 2.48 bits per heavy atom. The highest BCUT2D eigenvalue weighted by molar-refractivity contribution is 14.0. The summed E-state index contributed by atoms with van der Waals surface area (Å²) >= 11 is 0. The first-order valence-electron chi connectivity index (χ1n) is 10.0. The van der Waals surface area contributed by atoms with Gasteiger partial charge in [-0.05, 0) is 49.4 Å². The van der Waals surface area contributed by atoms with Crippen molar-refractivity contribution in [3.8, 4) is 0 Å². The van der Waals surface area contributed by atoms with Gasteiger partial charge in [-0.1, -0.05) is 49.4 Å². The van der Waals surface area contributed by atoms with E-state index in [4.69, 9.17) is 0 Å². The van der Waals surface area contributed by atoms with Crippen LogP contribution in [-0.2, 0) is 17.8 Å². The smallest absolute Gasteiger partial charge is 0.224 e. The van der Waals surface area contributed by atoms with E-state index in [1.807, 2.05) is 37.3 Å². The lowest BCUT2D eigenvalue weighted by atomic mass is 10.1. The van der Waals surface area contributed by atoms with Crippen LogP contribution >= 0.6 is 24.0 Å². The number of carbonyl (C=O) groups excluding carboxylic acids is 1. The van der Waals surface area contributed by atoms with Crippen molar-refractivity contribution in [1.82, 2.24) is 10.6 Å². The molecule has 2 aromatic carbocycles. The van der Waals surface area contributed by atoms with Gasteiger partial charge >= 0.3 is 0 Å². The average Bonchev–Trinajstić information content (AvgIpc) is 2.70. The van der Waals surface area contributed by atoms with Gasteiger partial charge in [0.1, 0.15) is 0 Å². The number of hydrogen-bond donors (Lipinski definition) is 3. The maximum Gasteiger partial charge on any atom is 0.224 e. The van der Waals surface area contributed by atoms with Crippen LogP contribution in [0.25, 0.3) is 0 Å². The molecule has 0 aliphatic carbocycles. The topological polar surface area (TPSA) is 65.5 Å². The van der Waals surface area contributed by atoms with Crippen LogP contribution in [0.3, 0.4) is 0 Å². The van der Waals surface area contributed by atoms with Crippen LogP contribution in [0.15, 0.2) is 59.6 Å². The Labute approximate surface area is 191 Å². The Morgan fingerprint density at radius 1 is 1.07 bits per heavy atom. The van der Waals surface area contributed by atoms with E-state index in [0.717, 1.165) is 36.5 Å². The van der Waals surface area contributed by atoms with E-state index in [1.165, 1.54) is 5.56 Å². The van der Waals surface area contributed by atoms with E-state index in [0.29, 0.717) is 19.0 Å². The van der Waals surface area contributed by atoms with Crippen molar-refractivity contribution in [2.75, 3.05) is 12.4 Å². The van der Waals surface area contributed by atoms with Gasteiger partial charge in [0.2, 0.25) is 5.91 Å². The number of aryl methyl sites for hydroxylation is 1. The number of guanidine groups is 1. The van der Waals surface area contributed by atoms with Gasteiger partial charge < -0.3 is 16.0 Å². The predicted molar refractivity (Wildman–Crippen MR) is 133 cm³/mol. The third-order valence-corrected chi connectivity index (χ3v) is 4.46. The zero-order valence-electron chi connectivity index (χ0n) is 17.6. The number of anilines is 1. The van der Waals surface area contributed by atoms with Crippen molar-refractivity contribution in [2.45, 2.75) is 52.1 Å². The van der Waals surface area contributed by atoms with E-state index in [2.05, 4.69) is 52.1 Å². The highest BCUT2D eigenvalue weighted by atomic mass is 127. The molecule has 6 heteroatoms. The molecule has 1 unspecified atom stereocenters. The van der Waals surface area contributed by atoms with Gasteiger partial charge in [-0.3, -0.25) is 9.79 Å². The number of aliphatic imine (C=N–C) groups is 1. The van der Waals surface area contributed by atoms with Crippen molar-refractivity contribution in [3.63, 3.8) is 0 Å². The number of nitrogens with zero attached hydrogens (tertiary/aromatic N) is 1. The van der Waals surface area contributed by atoms with Gasteiger partial charge in [-0.15, -0.1) is 24.0 Å². The fourth-order valence-corrected chi connectivity index (χ4v) is 2.92. The summed E-state index contributed by atoms with van der Waals surface area (Å²) in [5.74, 6) is 0.832. The van der Waals surface area contributed by atoms with Crippen molar-refractivity contribution >= 4 is 41.5 Å². The largest absolute Gasteiger partial charge is 0.354 e. The lowest BCUT2D eigenvalue weighted by Gasteiger charge is -2.18. The summed E-state index contributed by atoms with van der Waals surface area (Å²) in [4.78, 5) is 16.1. The fraction of sp³-hybridized carbons (Fsp3) is 0.391. The minimum absolute atomic E-state index is 0. The predicted octanol–water partition coefficient (Wildman–Crippen LogP) is 4.73. The minimum Gasteiger partial charge on any atom is -0.354 e. The number of benzene rings is 2. The highest BCUT2D eigenvalue weighted by Crippen LogP contribution is 2.11. The normalized spacial score (nSPS) is 11.9. The number of hydrogen-bond acceptors (Lipinski definition) is 2. The molecule has 5 nitrogen and oxygen atoms in total. The van der Waals surface area contributed by atoms with Crippen LogP contribution in [0.5, 0.6) is 0 Å². The van der Waals surface area contributed by atoms with Gasteiger partial charge in [0.25, 0.3) is 0 Å². The third-order valence-electron chi connectivity index (χ3n) is 4.46. The summed E-state index contributed by atoms with van der Waals surface area (Å²) in [6.07, 6.45) is 3.45. The summed E-state index contributed by atoms with van der Waals surface area (Å²) in [7, 11) is 1.78. The highest BCUT2D eigenvalue weighted by Gasteiger charge is 2.06. The van der Waals surface area contributed by atoms with Crippen LogP contribution in [0, 0.1) is 0 Å². The van der Waals surface area contributed by atoms with Crippen LogP contribution in [0.4, 0.5) is 5.69 Å². The molecule has 0 aliphatic rings. The Morgan fingerprint density at radius 2 is 1.79 bits per heavy atom. The maximum absolute atomic E-state index is 11.8. The molecule has 0 saturated heterocycles. The summed E-state index contributed by atoms with van der Waals surface area (Å²) in [5, 5.41) is 9.72. The van der Waals surface area contributed by atoms with Gasteiger partial charge in [0.15, 0.2) is 5.96 Å². The second kappa shape index (κ2) is 14.0. The molecule has 0 fully saturated rings. The molecule has 0 saturated carbocycles. The van der Waals surface area contributed by atoms with Crippen molar-refractivity contribution < 1.29 is 4.79 Å². The summed E-state index contributed by atoms with van der Waals surface area (Å²) < 4.78 is 0. The van der Waals surface area contributed by atoms with Crippen molar-refractivity contribution in [2.24, 2.45) is 4.99 Å². The molecule has 0 bridgehead atoms. The first kappa shape index (κ1) is 24.9. The Hall–Kier alpha value is -2.09. The maximum atomic E-state index is 11.8. The molecular weight excluding hydrogens is 475 g/mol. The van der Waals surface area contributed by atoms with Gasteiger partial charge in [-0.2, -0.15) is 0 Å². The number of halogens is 1. The number of nitrogens with one attached hydrogen (secondary N) is 3. The molecule has 0 aliphatic heterocycles. The average molecular weight is 508 g/mol. The van der Waals surface area contributed by atoms with E-state index in [-0.39, 0.29) is 29.9 Å². The van der Waals surface area contributed by atoms with E-state index in [9.17, 15) is 4.79 Å². The van der Waals surface area contributed by atoms with Gasteiger partial charge in [-0.25, -0.2) is 0 Å². The molecular formula is C23H33IN4O. The Bertz CT molecular complexity index is 764. The van der Waals surface area contributed by atoms with Crippen LogP contribution in [0.2, 0.25) is 0 Å². The first-order valence-corrected chi connectivity index (χ1v) is 10.0. The molecule has 29 heavy (non-hydrogen) atoms. The monoisotopic (exact) mass is 508 g/mol. The molecule has 0 radical (unpaired) electrons. The minimum atomic E-state index is 0. The lowest BCUT2D eigenvalue weighted by Crippen LogP contribution is -2.42. The Balaban J connectivity index is 0.00000420. The van der Waals surface area contributed by atoms with Crippen molar-refractivity contribution in [3.05, 3.63) is 65.7 Å². The molecule has 2 rings (SSSR count). The first-order chi connectivity index (χ1) is 13.6. The Kier molecular flexibility index (Phi) is 12.0. The summed E-state index contributed by atoms with van der Waals surface area (Å²) in [6, 6.07) is 18.7. The molecule has 2 aromatic rings. The van der Waals surface area contributed by atoms with E-state index < -0.39 is 0 Å². The molecule has 1 atom stereocenters. The third kappa shape index (κ3) is 9.78. The number of amides is 1.